The number of halogens is 3. The van der Waals surface area contributed by atoms with Crippen LogP contribution >= 0.6 is 11.6 Å². The first-order valence-corrected chi connectivity index (χ1v) is 14.0. The molecular formula is C26H26ClF2N3O5S. The van der Waals surface area contributed by atoms with Gasteiger partial charge in [0.1, 0.15) is 6.10 Å². The van der Waals surface area contributed by atoms with Gasteiger partial charge in [-0.25, -0.2) is 17.2 Å². The maximum absolute atomic E-state index is 13.7. The topological polar surface area (TPSA) is 122 Å². The molecule has 3 atom stereocenters. The molecule has 0 saturated heterocycles. The number of rotatable bonds is 7. The van der Waals surface area contributed by atoms with Gasteiger partial charge in [0.2, 0.25) is 0 Å². The molecule has 1 aromatic heterocycles. The van der Waals surface area contributed by atoms with Crippen molar-refractivity contribution in [3.05, 3.63) is 77.1 Å². The summed E-state index contributed by atoms with van der Waals surface area (Å²) < 4.78 is 55.6. The van der Waals surface area contributed by atoms with Crippen molar-refractivity contribution in [3.8, 4) is 0 Å². The minimum absolute atomic E-state index is 0.00238. The fraction of sp³-hybridized carbons (Fsp3) is 0.385. The number of aliphatic hydroxyl groups is 2. The van der Waals surface area contributed by atoms with E-state index in [1.165, 1.54) is 22.9 Å². The molecule has 1 amide bonds. The van der Waals surface area contributed by atoms with Crippen molar-refractivity contribution in [2.75, 3.05) is 5.32 Å². The van der Waals surface area contributed by atoms with Gasteiger partial charge < -0.3 is 15.5 Å². The van der Waals surface area contributed by atoms with Crippen LogP contribution in [0, 0.1) is 29.4 Å². The van der Waals surface area contributed by atoms with E-state index in [0.717, 1.165) is 18.2 Å². The zero-order chi connectivity index (χ0) is 27.4. The lowest BCUT2D eigenvalue weighted by Gasteiger charge is -2.64. The maximum atomic E-state index is 13.7. The number of carbonyl (C=O) groups excluding carboxylic acids is 1. The van der Waals surface area contributed by atoms with E-state index in [9.17, 15) is 32.2 Å². The lowest BCUT2D eigenvalue weighted by Crippen LogP contribution is -2.72. The zero-order valence-corrected chi connectivity index (χ0v) is 21.8. The third-order valence-electron chi connectivity index (χ3n) is 8.06. The number of sulfone groups is 1. The van der Waals surface area contributed by atoms with Crippen LogP contribution in [0.2, 0.25) is 5.02 Å². The average Bonchev–Trinajstić information content (AvgIpc) is 3.39. The number of hydrogen-bond acceptors (Lipinski definition) is 6. The Kier molecular flexibility index (Phi) is 6.83. The van der Waals surface area contributed by atoms with Crippen LogP contribution in [0.5, 0.6) is 0 Å². The lowest BCUT2D eigenvalue weighted by molar-refractivity contribution is -0.265. The number of fused-ring (bicyclic) bond motifs is 2. The van der Waals surface area contributed by atoms with Crippen molar-refractivity contribution in [3.63, 3.8) is 0 Å². The Morgan fingerprint density at radius 1 is 1.21 bits per heavy atom. The van der Waals surface area contributed by atoms with E-state index in [0.29, 0.717) is 0 Å². The minimum Gasteiger partial charge on any atom is -0.388 e. The van der Waals surface area contributed by atoms with E-state index in [1.807, 2.05) is 6.92 Å². The van der Waals surface area contributed by atoms with Gasteiger partial charge in [-0.3, -0.25) is 9.48 Å². The summed E-state index contributed by atoms with van der Waals surface area (Å²) in [5, 5.41) is 27.8. The third kappa shape index (κ3) is 4.41. The van der Waals surface area contributed by atoms with Crippen molar-refractivity contribution >= 4 is 33.0 Å². The van der Waals surface area contributed by atoms with Crippen LogP contribution in [-0.4, -0.2) is 51.3 Å². The molecule has 8 nitrogen and oxygen atoms in total. The molecule has 3 N–H and O–H groups in total. The number of aromatic nitrogens is 2. The van der Waals surface area contributed by atoms with Crippen molar-refractivity contribution in [2.24, 2.45) is 17.8 Å². The Morgan fingerprint density at radius 3 is 2.55 bits per heavy atom. The van der Waals surface area contributed by atoms with E-state index >= 15 is 0 Å². The summed E-state index contributed by atoms with van der Waals surface area (Å²) in [6.07, 6.45) is 2.36. The summed E-state index contributed by atoms with van der Waals surface area (Å²) in [6, 6.07) is 8.37. The monoisotopic (exact) mass is 565 g/mol. The molecule has 202 valence electrons. The molecule has 3 aromatic rings. The first kappa shape index (κ1) is 26.7. The van der Waals surface area contributed by atoms with Crippen LogP contribution in [-0.2, 0) is 16.4 Å². The van der Waals surface area contributed by atoms with E-state index < -0.39 is 56.2 Å². The molecule has 1 heterocycles. The average molecular weight is 566 g/mol. The lowest BCUT2D eigenvalue weighted by atomic mass is 9.46. The molecule has 2 bridgehead atoms. The van der Waals surface area contributed by atoms with Crippen LogP contribution in [0.3, 0.4) is 0 Å². The van der Waals surface area contributed by atoms with E-state index in [-0.39, 0.29) is 46.5 Å². The Hall–Kier alpha value is -2.86. The number of carbonyl (C=O) groups is 1. The second-order valence-corrected chi connectivity index (χ2v) is 12.7. The summed E-state index contributed by atoms with van der Waals surface area (Å²) in [5.41, 5.74) is -1.46. The molecule has 3 saturated carbocycles. The van der Waals surface area contributed by atoms with Gasteiger partial charge >= 0.3 is 0 Å². The number of amides is 1. The standard InChI is InChI=1S/C26H26ClF2N3O5S/c1-14-18-11-17(12-19(14)26(18,35)24(33)13-32-8-2-7-30-32)38(36,37)23-9-15(3-5-20(23)27)25(34)31-16-4-6-21(28)22(29)10-16/h2-10,14,17-19,24,33,35H,11-13H2,1H3,(H,31,34). The Bertz CT molecular complexity index is 1470. The smallest absolute Gasteiger partial charge is 0.255 e. The van der Waals surface area contributed by atoms with Gasteiger partial charge in [-0.1, -0.05) is 18.5 Å². The molecule has 0 spiro atoms. The zero-order valence-electron chi connectivity index (χ0n) is 20.3. The number of anilines is 1. The Balaban J connectivity index is 1.35. The van der Waals surface area contributed by atoms with Crippen molar-refractivity contribution in [1.82, 2.24) is 9.78 Å². The summed E-state index contributed by atoms with van der Waals surface area (Å²) in [6.45, 7) is 2.02. The van der Waals surface area contributed by atoms with E-state index in [2.05, 4.69) is 10.4 Å². The van der Waals surface area contributed by atoms with E-state index in [1.54, 1.807) is 18.5 Å². The highest BCUT2D eigenvalue weighted by Gasteiger charge is 2.67. The molecule has 3 aliphatic carbocycles. The van der Waals surface area contributed by atoms with Crippen LogP contribution in [0.4, 0.5) is 14.5 Å². The Morgan fingerprint density at radius 2 is 1.92 bits per heavy atom. The minimum atomic E-state index is -4.02. The van der Waals surface area contributed by atoms with Gasteiger partial charge in [-0.05, 0) is 67.0 Å². The molecule has 0 radical (unpaired) electrons. The molecule has 12 heteroatoms. The molecule has 0 aliphatic heterocycles. The summed E-state index contributed by atoms with van der Waals surface area (Å²) >= 11 is 6.26. The van der Waals surface area contributed by atoms with Gasteiger partial charge in [0, 0.05) is 29.7 Å². The first-order valence-electron chi connectivity index (χ1n) is 12.1. The number of nitrogens with one attached hydrogen (secondary N) is 1. The van der Waals surface area contributed by atoms with Crippen LogP contribution in [0.15, 0.2) is 59.8 Å². The molecule has 3 fully saturated rings. The quantitative estimate of drug-likeness (QED) is 0.402. The molecule has 3 aliphatic rings. The van der Waals surface area contributed by atoms with Crippen LogP contribution < -0.4 is 5.32 Å². The van der Waals surface area contributed by atoms with Gasteiger partial charge in [-0.15, -0.1) is 0 Å². The van der Waals surface area contributed by atoms with Gasteiger partial charge in [0.15, 0.2) is 21.5 Å². The highest BCUT2D eigenvalue weighted by atomic mass is 35.5. The normalized spacial score (nSPS) is 27.4. The summed E-state index contributed by atoms with van der Waals surface area (Å²) in [5.74, 6) is -3.82. The van der Waals surface area contributed by atoms with Crippen molar-refractivity contribution in [2.45, 2.75) is 48.2 Å². The van der Waals surface area contributed by atoms with Crippen LogP contribution in [0.1, 0.15) is 30.1 Å². The van der Waals surface area contributed by atoms with Crippen molar-refractivity contribution < 1.29 is 32.2 Å². The summed E-state index contributed by atoms with van der Waals surface area (Å²) in [4.78, 5) is 12.5. The SMILES string of the molecule is CC1C2CC(S(=O)(=O)c3cc(C(=O)Nc4ccc(F)c(F)c4)ccc3Cl)CC1C2(O)C(O)Cn1cccn1. The second kappa shape index (κ2) is 9.71. The number of benzene rings is 2. The van der Waals surface area contributed by atoms with Gasteiger partial charge in [0.05, 0.1) is 27.3 Å². The number of hydrogen-bond donors (Lipinski definition) is 3. The second-order valence-electron chi connectivity index (χ2n) is 10.1. The van der Waals surface area contributed by atoms with Crippen molar-refractivity contribution in [1.29, 1.82) is 0 Å². The van der Waals surface area contributed by atoms with Gasteiger partial charge in [-0.2, -0.15) is 5.10 Å². The fourth-order valence-electron chi connectivity index (χ4n) is 6.05. The number of nitrogens with zero attached hydrogens (tertiary/aromatic N) is 2. The highest BCUT2D eigenvalue weighted by molar-refractivity contribution is 7.92. The third-order valence-corrected chi connectivity index (χ3v) is 10.7. The molecule has 38 heavy (non-hydrogen) atoms. The Labute approximate surface area is 223 Å². The summed E-state index contributed by atoms with van der Waals surface area (Å²) in [7, 11) is -4.02. The number of aliphatic hydroxyl groups excluding tert-OH is 1. The maximum Gasteiger partial charge on any atom is 0.255 e. The largest absolute Gasteiger partial charge is 0.388 e. The molecule has 3 unspecified atom stereocenters. The molecule has 2 aromatic carbocycles. The van der Waals surface area contributed by atoms with Gasteiger partial charge in [0.25, 0.3) is 5.91 Å². The van der Waals surface area contributed by atoms with E-state index in [4.69, 9.17) is 11.6 Å². The predicted molar refractivity (Wildman–Crippen MR) is 135 cm³/mol. The molecule has 6 rings (SSSR count). The first-order chi connectivity index (χ1) is 17.9. The fourth-order valence-corrected chi connectivity index (χ4v) is 8.40. The molecular weight excluding hydrogens is 540 g/mol. The predicted octanol–water partition coefficient (Wildman–Crippen LogP) is 3.68. The van der Waals surface area contributed by atoms with Crippen LogP contribution in [0.25, 0.3) is 0 Å². The highest BCUT2D eigenvalue weighted by Crippen LogP contribution is 2.60.